The lowest BCUT2D eigenvalue weighted by Crippen LogP contribution is -2.37. The molecule has 1 aromatic rings. The van der Waals surface area contributed by atoms with Gasteiger partial charge in [0, 0.05) is 25.7 Å². The van der Waals surface area contributed by atoms with E-state index in [1.807, 2.05) is 0 Å². The summed E-state index contributed by atoms with van der Waals surface area (Å²) in [6.07, 6.45) is 4.86. The first-order valence-corrected chi connectivity index (χ1v) is 10.3. The number of amides is 2. The molecule has 0 aromatic heterocycles. The van der Waals surface area contributed by atoms with Crippen molar-refractivity contribution in [3.63, 3.8) is 0 Å². The average Bonchev–Trinajstić information content (AvgIpc) is 2.59. The van der Waals surface area contributed by atoms with Crippen molar-refractivity contribution in [3.05, 3.63) is 29.3 Å². The molecule has 1 fully saturated rings. The highest BCUT2D eigenvalue weighted by Gasteiger charge is 2.23. The third-order valence-corrected chi connectivity index (χ3v) is 6.11. The molecule has 0 saturated heterocycles. The number of carbonyl (C=O) groups is 2. The van der Waals surface area contributed by atoms with Gasteiger partial charge in [-0.15, -0.1) is 0 Å². The molecule has 8 heteroatoms. The van der Waals surface area contributed by atoms with Crippen molar-refractivity contribution in [2.24, 2.45) is 0 Å². The quantitative estimate of drug-likeness (QED) is 0.779. The maximum Gasteiger partial charge on any atom is 0.252 e. The van der Waals surface area contributed by atoms with E-state index in [1.165, 1.54) is 17.0 Å². The molecule has 2 amide bonds. The standard InChI is InChI=1S/C18H27N3O4S/c1-13-9-10-15(26(24,25)20-14-7-5-4-6-8-14)11-16(13)18(23)19-12-17(22)21(2)3/h9-11,14,20H,4-8,12H2,1-3H3,(H,19,23). The SMILES string of the molecule is Cc1ccc(S(=O)(=O)NC2CCCCC2)cc1C(=O)NCC(=O)N(C)C. The minimum atomic E-state index is -3.68. The Bertz CT molecular complexity index is 769. The highest BCUT2D eigenvalue weighted by molar-refractivity contribution is 7.89. The Kier molecular flexibility index (Phi) is 6.77. The zero-order chi connectivity index (χ0) is 19.3. The van der Waals surface area contributed by atoms with Crippen LogP contribution in [0.25, 0.3) is 0 Å². The molecule has 0 spiro atoms. The van der Waals surface area contributed by atoms with Gasteiger partial charge < -0.3 is 10.2 Å². The highest BCUT2D eigenvalue weighted by Crippen LogP contribution is 2.21. The minimum absolute atomic E-state index is 0.0509. The fourth-order valence-electron chi connectivity index (χ4n) is 2.93. The minimum Gasteiger partial charge on any atom is -0.347 e. The van der Waals surface area contributed by atoms with Gasteiger partial charge >= 0.3 is 0 Å². The lowest BCUT2D eigenvalue weighted by Gasteiger charge is -2.22. The van der Waals surface area contributed by atoms with E-state index >= 15 is 0 Å². The van der Waals surface area contributed by atoms with Crippen LogP contribution >= 0.6 is 0 Å². The van der Waals surface area contributed by atoms with E-state index in [1.54, 1.807) is 27.1 Å². The topological polar surface area (TPSA) is 95.6 Å². The second kappa shape index (κ2) is 8.64. The van der Waals surface area contributed by atoms with Gasteiger partial charge in [-0.05, 0) is 37.5 Å². The van der Waals surface area contributed by atoms with Crippen LogP contribution in [-0.4, -0.2) is 51.8 Å². The molecule has 1 aliphatic rings. The van der Waals surface area contributed by atoms with Crippen molar-refractivity contribution < 1.29 is 18.0 Å². The fraction of sp³-hybridized carbons (Fsp3) is 0.556. The molecule has 26 heavy (non-hydrogen) atoms. The summed E-state index contributed by atoms with van der Waals surface area (Å²) in [4.78, 5) is 25.4. The molecule has 1 aliphatic carbocycles. The molecule has 7 nitrogen and oxygen atoms in total. The van der Waals surface area contributed by atoms with Gasteiger partial charge in [-0.3, -0.25) is 9.59 Å². The first kappa shape index (κ1) is 20.4. The smallest absolute Gasteiger partial charge is 0.252 e. The summed E-state index contributed by atoms with van der Waals surface area (Å²) in [5.74, 6) is -0.703. The number of rotatable bonds is 6. The van der Waals surface area contributed by atoms with Crippen LogP contribution in [0.5, 0.6) is 0 Å². The number of nitrogens with zero attached hydrogens (tertiary/aromatic N) is 1. The summed E-state index contributed by atoms with van der Waals surface area (Å²) in [6, 6.07) is 4.43. The molecule has 2 rings (SSSR count). The summed E-state index contributed by atoms with van der Waals surface area (Å²) < 4.78 is 28.0. The molecule has 144 valence electrons. The molecule has 2 N–H and O–H groups in total. The third kappa shape index (κ3) is 5.28. The molecule has 0 heterocycles. The number of likely N-dealkylation sites (N-methyl/N-ethyl adjacent to an activating group) is 1. The molecule has 1 saturated carbocycles. The molecule has 0 bridgehead atoms. The Morgan fingerprint density at radius 2 is 1.81 bits per heavy atom. The van der Waals surface area contributed by atoms with E-state index in [4.69, 9.17) is 0 Å². The highest BCUT2D eigenvalue weighted by atomic mass is 32.2. The summed E-state index contributed by atoms with van der Waals surface area (Å²) in [5, 5.41) is 2.54. The van der Waals surface area contributed by atoms with E-state index in [-0.39, 0.29) is 29.0 Å². The van der Waals surface area contributed by atoms with E-state index in [0.29, 0.717) is 5.56 Å². The molecule has 0 radical (unpaired) electrons. The predicted molar refractivity (Wildman–Crippen MR) is 99.4 cm³/mol. The van der Waals surface area contributed by atoms with Crippen LogP contribution < -0.4 is 10.0 Å². The second-order valence-corrected chi connectivity index (χ2v) is 8.62. The Morgan fingerprint density at radius 1 is 1.15 bits per heavy atom. The third-order valence-electron chi connectivity index (χ3n) is 4.59. The lowest BCUT2D eigenvalue weighted by molar-refractivity contribution is -0.127. The fourth-order valence-corrected chi connectivity index (χ4v) is 4.26. The van der Waals surface area contributed by atoms with Gasteiger partial charge in [0.25, 0.3) is 5.91 Å². The van der Waals surface area contributed by atoms with Crippen LogP contribution in [0, 0.1) is 6.92 Å². The summed E-state index contributed by atoms with van der Waals surface area (Å²) in [5.41, 5.74) is 0.902. The molecular weight excluding hydrogens is 354 g/mol. The number of aryl methyl sites for hydroxylation is 1. The van der Waals surface area contributed by atoms with Crippen molar-refractivity contribution in [1.29, 1.82) is 0 Å². The Balaban J connectivity index is 2.14. The Labute approximate surface area is 155 Å². The zero-order valence-corrected chi connectivity index (χ0v) is 16.4. The first-order valence-electron chi connectivity index (χ1n) is 8.82. The first-order chi connectivity index (χ1) is 12.2. The van der Waals surface area contributed by atoms with Crippen LogP contribution in [0.3, 0.4) is 0 Å². The molecule has 1 aromatic carbocycles. The average molecular weight is 381 g/mol. The number of benzene rings is 1. The monoisotopic (exact) mass is 381 g/mol. The zero-order valence-electron chi connectivity index (χ0n) is 15.5. The van der Waals surface area contributed by atoms with E-state index < -0.39 is 15.9 Å². The number of nitrogens with one attached hydrogen (secondary N) is 2. The second-order valence-electron chi connectivity index (χ2n) is 6.90. The van der Waals surface area contributed by atoms with Gasteiger partial charge in [0.1, 0.15) is 0 Å². The number of hydrogen-bond donors (Lipinski definition) is 2. The van der Waals surface area contributed by atoms with Crippen LogP contribution in [0.2, 0.25) is 0 Å². The van der Waals surface area contributed by atoms with E-state index in [2.05, 4.69) is 10.0 Å². The normalized spacial score (nSPS) is 15.5. The van der Waals surface area contributed by atoms with Gasteiger partial charge in [0.15, 0.2) is 0 Å². The molecule has 0 unspecified atom stereocenters. The van der Waals surface area contributed by atoms with Gasteiger partial charge in [-0.1, -0.05) is 25.3 Å². The predicted octanol–water partition coefficient (Wildman–Crippen LogP) is 1.42. The maximum atomic E-state index is 12.6. The van der Waals surface area contributed by atoms with Crippen LogP contribution in [0.15, 0.2) is 23.1 Å². The lowest BCUT2D eigenvalue weighted by atomic mass is 9.96. The van der Waals surface area contributed by atoms with E-state index in [9.17, 15) is 18.0 Å². The summed E-state index contributed by atoms with van der Waals surface area (Å²) in [7, 11) is -0.480. The van der Waals surface area contributed by atoms with Crippen molar-refractivity contribution >= 4 is 21.8 Å². The largest absolute Gasteiger partial charge is 0.347 e. The van der Waals surface area contributed by atoms with Crippen molar-refractivity contribution in [2.75, 3.05) is 20.6 Å². The van der Waals surface area contributed by atoms with Crippen LogP contribution in [0.1, 0.15) is 48.0 Å². The Morgan fingerprint density at radius 3 is 2.42 bits per heavy atom. The van der Waals surface area contributed by atoms with Gasteiger partial charge in [0.2, 0.25) is 15.9 Å². The summed E-state index contributed by atoms with van der Waals surface area (Å²) >= 11 is 0. The van der Waals surface area contributed by atoms with Crippen molar-refractivity contribution in [1.82, 2.24) is 14.9 Å². The molecule has 0 aliphatic heterocycles. The number of sulfonamides is 1. The van der Waals surface area contributed by atoms with Crippen molar-refractivity contribution in [2.45, 2.75) is 50.0 Å². The van der Waals surface area contributed by atoms with Gasteiger partial charge in [0.05, 0.1) is 11.4 Å². The number of hydrogen-bond acceptors (Lipinski definition) is 4. The maximum absolute atomic E-state index is 12.6. The summed E-state index contributed by atoms with van der Waals surface area (Å²) in [6.45, 7) is 1.59. The van der Waals surface area contributed by atoms with Crippen molar-refractivity contribution in [3.8, 4) is 0 Å². The van der Waals surface area contributed by atoms with Crippen LogP contribution in [0.4, 0.5) is 0 Å². The molecule has 0 atom stereocenters. The van der Waals surface area contributed by atoms with Gasteiger partial charge in [-0.25, -0.2) is 13.1 Å². The Hall–Kier alpha value is -1.93. The van der Waals surface area contributed by atoms with Gasteiger partial charge in [-0.2, -0.15) is 0 Å². The van der Waals surface area contributed by atoms with Crippen LogP contribution in [-0.2, 0) is 14.8 Å². The van der Waals surface area contributed by atoms with E-state index in [0.717, 1.165) is 32.1 Å². The number of carbonyl (C=O) groups excluding carboxylic acids is 2. The molecular formula is C18H27N3O4S.